The van der Waals surface area contributed by atoms with Crippen LogP contribution in [-0.4, -0.2) is 52.0 Å². The van der Waals surface area contributed by atoms with E-state index in [4.69, 9.17) is 19.9 Å². The van der Waals surface area contributed by atoms with Crippen molar-refractivity contribution in [3.63, 3.8) is 0 Å². The number of carbonyl (C=O) groups is 4. The van der Waals surface area contributed by atoms with E-state index in [0.717, 1.165) is 18.2 Å². The first-order valence-corrected chi connectivity index (χ1v) is 7.36. The standard InChI is InChI=1S/C5H6O3.C4H6O2.C3H4O2.C2H4O3S/c1-4(6)2-3-5(7)8;1-3(2)4(5)6;1-2-3(4)5;1-2-6(3,4)5/h2-3H,1H3,(H,7,8);1H2,2H3,(H,5,6);2H,1H2,(H,4,5);2H,1H2,(H,3,4,5)/b3-2-;;;. The Hall–Kier alpha value is -3.05. The molecule has 0 aliphatic rings. The lowest BCUT2D eigenvalue weighted by Gasteiger charge is -1.79. The van der Waals surface area contributed by atoms with Gasteiger partial charge in [0.05, 0.1) is 5.41 Å². The number of hydrogen-bond acceptors (Lipinski definition) is 6. The molecule has 0 amide bonds. The first-order valence-electron chi connectivity index (χ1n) is 5.86. The molecular formula is C14H20O10S. The number of hydrogen-bond donors (Lipinski definition) is 4. The van der Waals surface area contributed by atoms with E-state index in [1.807, 2.05) is 0 Å². The molecule has 0 aromatic rings. The van der Waals surface area contributed by atoms with Gasteiger partial charge < -0.3 is 15.3 Å². The molecule has 0 saturated heterocycles. The molecule has 0 spiro atoms. The van der Waals surface area contributed by atoms with Crippen molar-refractivity contribution in [2.24, 2.45) is 0 Å². The largest absolute Gasteiger partial charge is 0.478 e. The van der Waals surface area contributed by atoms with E-state index in [-0.39, 0.29) is 11.4 Å². The second-order valence-corrected chi connectivity index (χ2v) is 4.95. The summed E-state index contributed by atoms with van der Waals surface area (Å²) in [4.78, 5) is 38.5. The fourth-order valence-corrected chi connectivity index (χ4v) is 0.189. The third kappa shape index (κ3) is 62.7. The van der Waals surface area contributed by atoms with Crippen LogP contribution < -0.4 is 0 Å². The summed E-state index contributed by atoms with van der Waals surface area (Å²) in [5.74, 6) is -3.27. The Bertz CT molecular complexity index is 586. The molecule has 0 aliphatic carbocycles. The number of carbonyl (C=O) groups excluding carboxylic acids is 1. The molecule has 4 N–H and O–H groups in total. The van der Waals surface area contributed by atoms with Crippen LogP contribution in [0.3, 0.4) is 0 Å². The van der Waals surface area contributed by atoms with Gasteiger partial charge in [-0.3, -0.25) is 9.35 Å². The summed E-state index contributed by atoms with van der Waals surface area (Å²) in [6.45, 7) is 11.6. The van der Waals surface area contributed by atoms with Crippen LogP contribution >= 0.6 is 0 Å². The number of allylic oxidation sites excluding steroid dienone is 1. The van der Waals surface area contributed by atoms with Gasteiger partial charge in [-0.05, 0) is 19.9 Å². The minimum atomic E-state index is -3.90. The summed E-state index contributed by atoms with van der Waals surface area (Å²) in [7, 11) is -3.90. The molecule has 0 radical (unpaired) electrons. The Kier molecular flexibility index (Phi) is 20.7. The van der Waals surface area contributed by atoms with Crippen molar-refractivity contribution in [1.82, 2.24) is 0 Å². The summed E-state index contributed by atoms with van der Waals surface area (Å²) >= 11 is 0. The maximum Gasteiger partial charge on any atom is 0.330 e. The van der Waals surface area contributed by atoms with E-state index in [1.165, 1.54) is 13.8 Å². The SMILES string of the molecule is C=C(C)C(=O)O.C=CC(=O)O.C=CS(=O)(=O)O.CC(=O)/C=C\C(=O)O. The highest BCUT2D eigenvalue weighted by molar-refractivity contribution is 7.88. The Morgan fingerprint density at radius 2 is 1.16 bits per heavy atom. The first-order chi connectivity index (χ1) is 11.1. The van der Waals surface area contributed by atoms with Gasteiger partial charge in [0.15, 0.2) is 5.78 Å². The fourth-order valence-electron chi connectivity index (χ4n) is 0.189. The second kappa shape index (κ2) is 17.3. The molecule has 0 aromatic heterocycles. The Morgan fingerprint density at radius 1 is 0.880 bits per heavy atom. The third-order valence-corrected chi connectivity index (χ3v) is 1.63. The molecule has 0 atom stereocenters. The minimum Gasteiger partial charge on any atom is -0.478 e. The van der Waals surface area contributed by atoms with Gasteiger partial charge in [-0.2, -0.15) is 8.42 Å². The number of ketones is 1. The molecule has 0 bridgehead atoms. The summed E-state index contributed by atoms with van der Waals surface area (Å²) in [5.41, 5.74) is 0.176. The van der Waals surface area contributed by atoms with Gasteiger partial charge in [-0.25, -0.2) is 14.4 Å². The molecule has 25 heavy (non-hydrogen) atoms. The van der Waals surface area contributed by atoms with Crippen molar-refractivity contribution in [1.29, 1.82) is 0 Å². The van der Waals surface area contributed by atoms with Crippen LogP contribution in [0.2, 0.25) is 0 Å². The molecule has 10 nitrogen and oxygen atoms in total. The van der Waals surface area contributed by atoms with Crippen molar-refractivity contribution in [3.05, 3.63) is 48.9 Å². The smallest absolute Gasteiger partial charge is 0.330 e. The summed E-state index contributed by atoms with van der Waals surface area (Å²) in [6, 6.07) is 0. The summed E-state index contributed by atoms with van der Waals surface area (Å²) < 4.78 is 26.6. The van der Waals surface area contributed by atoms with E-state index in [0.29, 0.717) is 5.41 Å². The fraction of sp³-hybridized carbons (Fsp3) is 0.143. The zero-order chi connectivity index (χ0) is 21.2. The predicted octanol–water partition coefficient (Wildman–Crippen LogP) is 1.14. The molecular weight excluding hydrogens is 360 g/mol. The van der Waals surface area contributed by atoms with Crippen LogP contribution in [0.4, 0.5) is 0 Å². The molecule has 0 aromatic carbocycles. The van der Waals surface area contributed by atoms with Crippen LogP contribution in [0, 0.1) is 0 Å². The quantitative estimate of drug-likeness (QED) is 0.398. The Labute approximate surface area is 144 Å². The monoisotopic (exact) mass is 380 g/mol. The molecule has 142 valence electrons. The van der Waals surface area contributed by atoms with Crippen molar-refractivity contribution < 1.29 is 47.5 Å². The summed E-state index contributed by atoms with van der Waals surface area (Å²) in [5, 5.41) is 23.9. The lowest BCUT2D eigenvalue weighted by molar-refractivity contribution is -0.133. The summed E-state index contributed by atoms with van der Waals surface area (Å²) in [6.07, 6.45) is 2.64. The van der Waals surface area contributed by atoms with Crippen molar-refractivity contribution in [2.75, 3.05) is 0 Å². The average molecular weight is 380 g/mol. The van der Waals surface area contributed by atoms with E-state index in [9.17, 15) is 27.6 Å². The number of carboxylic acids is 3. The van der Waals surface area contributed by atoms with Gasteiger partial charge in [-0.15, -0.1) is 0 Å². The maximum absolute atomic E-state index is 10.00. The van der Waals surface area contributed by atoms with Crippen molar-refractivity contribution in [2.45, 2.75) is 13.8 Å². The van der Waals surface area contributed by atoms with Gasteiger partial charge in [0.2, 0.25) is 0 Å². The van der Waals surface area contributed by atoms with E-state index >= 15 is 0 Å². The lowest BCUT2D eigenvalue weighted by Crippen LogP contribution is -1.92. The lowest BCUT2D eigenvalue weighted by atomic mass is 10.4. The topological polar surface area (TPSA) is 183 Å². The molecule has 0 heterocycles. The van der Waals surface area contributed by atoms with Gasteiger partial charge in [0, 0.05) is 17.7 Å². The highest BCUT2D eigenvalue weighted by atomic mass is 32.2. The van der Waals surface area contributed by atoms with Crippen LogP contribution in [0.5, 0.6) is 0 Å². The van der Waals surface area contributed by atoms with Gasteiger partial charge in [0.1, 0.15) is 0 Å². The van der Waals surface area contributed by atoms with E-state index in [1.54, 1.807) is 0 Å². The second-order valence-electron chi connectivity index (χ2n) is 3.59. The van der Waals surface area contributed by atoms with Crippen molar-refractivity contribution >= 4 is 33.8 Å². The van der Waals surface area contributed by atoms with E-state index < -0.39 is 28.0 Å². The predicted molar refractivity (Wildman–Crippen MR) is 89.5 cm³/mol. The van der Waals surface area contributed by atoms with Gasteiger partial charge in [0.25, 0.3) is 10.1 Å². The molecule has 0 fully saturated rings. The van der Waals surface area contributed by atoms with Crippen LogP contribution in [0.1, 0.15) is 13.8 Å². The average Bonchev–Trinajstić information content (AvgIpc) is 2.46. The van der Waals surface area contributed by atoms with Gasteiger partial charge in [-0.1, -0.05) is 19.7 Å². The highest BCUT2D eigenvalue weighted by Crippen LogP contribution is 1.81. The Balaban J connectivity index is -0.000000119. The zero-order valence-corrected chi connectivity index (χ0v) is 14.4. The number of rotatable bonds is 5. The first kappa shape index (κ1) is 29.9. The van der Waals surface area contributed by atoms with Crippen molar-refractivity contribution in [3.8, 4) is 0 Å². The molecule has 0 aliphatic heterocycles. The van der Waals surface area contributed by atoms with E-state index in [2.05, 4.69) is 19.7 Å². The number of aliphatic carboxylic acids is 3. The highest BCUT2D eigenvalue weighted by Gasteiger charge is 1.90. The maximum atomic E-state index is 10.00. The van der Waals surface area contributed by atoms with Gasteiger partial charge >= 0.3 is 17.9 Å². The molecule has 0 saturated carbocycles. The Morgan fingerprint density at radius 3 is 1.20 bits per heavy atom. The molecule has 11 heteroatoms. The third-order valence-electron chi connectivity index (χ3n) is 1.21. The molecule has 0 rings (SSSR count). The van der Waals surface area contributed by atoms with Crippen LogP contribution in [-0.2, 0) is 29.3 Å². The zero-order valence-electron chi connectivity index (χ0n) is 13.6. The number of carboxylic acid groups (broad SMARTS) is 3. The minimum absolute atomic E-state index is 0.176. The van der Waals surface area contributed by atoms with Crippen LogP contribution in [0.15, 0.2) is 48.9 Å². The molecule has 0 unspecified atom stereocenters. The van der Waals surface area contributed by atoms with Crippen LogP contribution in [0.25, 0.3) is 0 Å². The normalized spacial score (nSPS) is 8.76.